The fourth-order valence-electron chi connectivity index (χ4n) is 2.45. The van der Waals surface area contributed by atoms with Crippen LogP contribution in [0.2, 0.25) is 0 Å². The van der Waals surface area contributed by atoms with Crippen LogP contribution in [-0.4, -0.2) is 20.2 Å². The van der Waals surface area contributed by atoms with Crippen molar-refractivity contribution in [2.75, 3.05) is 20.2 Å². The van der Waals surface area contributed by atoms with Crippen LogP contribution in [-0.2, 0) is 6.42 Å². The molecule has 21 heavy (non-hydrogen) atoms. The van der Waals surface area contributed by atoms with E-state index in [0.717, 1.165) is 29.7 Å². The molecule has 0 aliphatic rings. The molecule has 0 aliphatic carbocycles. The van der Waals surface area contributed by atoms with Crippen LogP contribution in [0.3, 0.4) is 0 Å². The van der Waals surface area contributed by atoms with Crippen molar-refractivity contribution in [2.45, 2.75) is 19.3 Å². The van der Waals surface area contributed by atoms with Gasteiger partial charge in [0, 0.05) is 16.9 Å². The second-order valence-corrected chi connectivity index (χ2v) is 6.03. The Labute approximate surface area is 135 Å². The molecule has 0 heterocycles. The molecule has 1 N–H and O–H groups in total. The van der Waals surface area contributed by atoms with Crippen LogP contribution in [0.15, 0.2) is 53.0 Å². The van der Waals surface area contributed by atoms with Gasteiger partial charge in [-0.05, 0) is 48.4 Å². The van der Waals surface area contributed by atoms with Crippen molar-refractivity contribution in [3.63, 3.8) is 0 Å². The van der Waals surface area contributed by atoms with Crippen LogP contribution in [0.25, 0.3) is 0 Å². The van der Waals surface area contributed by atoms with Crippen molar-refractivity contribution in [1.29, 1.82) is 0 Å². The van der Waals surface area contributed by atoms with Crippen molar-refractivity contribution in [2.24, 2.45) is 0 Å². The number of nitrogens with one attached hydrogen (secondary N) is 1. The molecule has 0 saturated heterocycles. The third-order valence-electron chi connectivity index (χ3n) is 3.60. The molecule has 0 bridgehead atoms. The highest BCUT2D eigenvalue weighted by molar-refractivity contribution is 9.10. The Balaban J connectivity index is 2.17. The summed E-state index contributed by atoms with van der Waals surface area (Å²) >= 11 is 3.50. The Morgan fingerprint density at radius 3 is 2.57 bits per heavy atom. The normalized spacial score (nSPS) is 12.1. The molecule has 112 valence electrons. The predicted octanol–water partition coefficient (Wildman–Crippen LogP) is 4.39. The van der Waals surface area contributed by atoms with Gasteiger partial charge in [-0.1, -0.05) is 47.1 Å². The van der Waals surface area contributed by atoms with E-state index in [9.17, 15) is 0 Å². The Morgan fingerprint density at radius 2 is 1.90 bits per heavy atom. The van der Waals surface area contributed by atoms with Crippen LogP contribution in [0.5, 0.6) is 5.75 Å². The van der Waals surface area contributed by atoms with Gasteiger partial charge in [0.1, 0.15) is 5.75 Å². The van der Waals surface area contributed by atoms with E-state index in [2.05, 4.69) is 70.6 Å². The molecule has 0 radical (unpaired) electrons. The standard InChI is InChI=1S/C18H22BrNO/c1-3-20-13-16(15-7-9-17(19)10-8-15)11-14-5-4-6-18(12-14)21-2/h4-10,12,16,20H,3,11,13H2,1-2H3. The van der Waals surface area contributed by atoms with Gasteiger partial charge >= 0.3 is 0 Å². The molecule has 3 heteroatoms. The van der Waals surface area contributed by atoms with Crippen LogP contribution >= 0.6 is 15.9 Å². The Kier molecular flexibility index (Phi) is 6.27. The van der Waals surface area contributed by atoms with Gasteiger partial charge in [0.25, 0.3) is 0 Å². The van der Waals surface area contributed by atoms with Gasteiger partial charge < -0.3 is 10.1 Å². The summed E-state index contributed by atoms with van der Waals surface area (Å²) in [4.78, 5) is 0. The van der Waals surface area contributed by atoms with E-state index in [1.165, 1.54) is 11.1 Å². The summed E-state index contributed by atoms with van der Waals surface area (Å²) in [5.74, 6) is 1.38. The first kappa shape index (κ1) is 16.1. The summed E-state index contributed by atoms with van der Waals surface area (Å²) in [5, 5.41) is 3.47. The minimum atomic E-state index is 0.463. The van der Waals surface area contributed by atoms with Gasteiger partial charge in [0.05, 0.1) is 7.11 Å². The second kappa shape index (κ2) is 8.20. The maximum atomic E-state index is 5.32. The van der Waals surface area contributed by atoms with E-state index in [0.29, 0.717) is 5.92 Å². The van der Waals surface area contributed by atoms with Crippen LogP contribution in [0, 0.1) is 0 Å². The highest BCUT2D eigenvalue weighted by Gasteiger charge is 2.12. The number of hydrogen-bond donors (Lipinski definition) is 1. The monoisotopic (exact) mass is 347 g/mol. The molecule has 2 rings (SSSR count). The minimum absolute atomic E-state index is 0.463. The second-order valence-electron chi connectivity index (χ2n) is 5.11. The molecule has 0 amide bonds. The lowest BCUT2D eigenvalue weighted by Crippen LogP contribution is -2.22. The maximum Gasteiger partial charge on any atom is 0.119 e. The topological polar surface area (TPSA) is 21.3 Å². The Morgan fingerprint density at radius 1 is 1.14 bits per heavy atom. The molecule has 2 nitrogen and oxygen atoms in total. The zero-order valence-electron chi connectivity index (χ0n) is 12.6. The lowest BCUT2D eigenvalue weighted by Gasteiger charge is -2.18. The third kappa shape index (κ3) is 4.87. The molecule has 1 atom stereocenters. The van der Waals surface area contributed by atoms with E-state index in [1.807, 2.05) is 6.07 Å². The minimum Gasteiger partial charge on any atom is -0.497 e. The van der Waals surface area contributed by atoms with Gasteiger partial charge in [-0.25, -0.2) is 0 Å². The largest absolute Gasteiger partial charge is 0.497 e. The lowest BCUT2D eigenvalue weighted by molar-refractivity contribution is 0.414. The zero-order chi connectivity index (χ0) is 15.1. The summed E-state index contributed by atoms with van der Waals surface area (Å²) in [6.07, 6.45) is 1.01. The summed E-state index contributed by atoms with van der Waals surface area (Å²) in [6, 6.07) is 17.0. The molecular weight excluding hydrogens is 326 g/mol. The molecular formula is C18H22BrNO. The number of hydrogen-bond acceptors (Lipinski definition) is 2. The number of benzene rings is 2. The maximum absolute atomic E-state index is 5.32. The number of methoxy groups -OCH3 is 1. The van der Waals surface area contributed by atoms with E-state index >= 15 is 0 Å². The summed E-state index contributed by atoms with van der Waals surface area (Å²) in [5.41, 5.74) is 2.67. The molecule has 0 fully saturated rings. The SMILES string of the molecule is CCNCC(Cc1cccc(OC)c1)c1ccc(Br)cc1. The fraction of sp³-hybridized carbons (Fsp3) is 0.333. The quantitative estimate of drug-likeness (QED) is 0.801. The van der Waals surface area contributed by atoms with Crippen LogP contribution < -0.4 is 10.1 Å². The van der Waals surface area contributed by atoms with Gasteiger partial charge in [-0.2, -0.15) is 0 Å². The summed E-state index contributed by atoms with van der Waals surface area (Å²) < 4.78 is 6.44. The van der Waals surface area contributed by atoms with Gasteiger partial charge in [0.15, 0.2) is 0 Å². The lowest BCUT2D eigenvalue weighted by atomic mass is 9.92. The Bertz CT molecular complexity index is 553. The number of halogens is 1. The van der Waals surface area contributed by atoms with E-state index < -0.39 is 0 Å². The molecule has 1 unspecified atom stereocenters. The smallest absolute Gasteiger partial charge is 0.119 e. The van der Waals surface area contributed by atoms with Gasteiger partial charge in [-0.15, -0.1) is 0 Å². The molecule has 0 aromatic heterocycles. The molecule has 2 aromatic rings. The van der Waals surface area contributed by atoms with Crippen LogP contribution in [0.1, 0.15) is 24.0 Å². The van der Waals surface area contributed by atoms with E-state index in [1.54, 1.807) is 7.11 Å². The van der Waals surface area contributed by atoms with Gasteiger partial charge in [-0.3, -0.25) is 0 Å². The molecule has 2 aromatic carbocycles. The summed E-state index contributed by atoms with van der Waals surface area (Å²) in [7, 11) is 1.71. The number of likely N-dealkylation sites (N-methyl/N-ethyl adjacent to an activating group) is 1. The first-order valence-electron chi connectivity index (χ1n) is 7.32. The van der Waals surface area contributed by atoms with E-state index in [-0.39, 0.29) is 0 Å². The highest BCUT2D eigenvalue weighted by atomic mass is 79.9. The van der Waals surface area contributed by atoms with Crippen molar-refractivity contribution < 1.29 is 4.74 Å². The molecule has 0 saturated carbocycles. The number of rotatable bonds is 7. The average molecular weight is 348 g/mol. The predicted molar refractivity (Wildman–Crippen MR) is 92.1 cm³/mol. The van der Waals surface area contributed by atoms with E-state index in [4.69, 9.17) is 4.74 Å². The first-order valence-corrected chi connectivity index (χ1v) is 8.11. The third-order valence-corrected chi connectivity index (χ3v) is 4.13. The van der Waals surface area contributed by atoms with Crippen LogP contribution in [0.4, 0.5) is 0 Å². The van der Waals surface area contributed by atoms with Crippen molar-refractivity contribution >= 4 is 15.9 Å². The molecule has 0 aliphatic heterocycles. The van der Waals surface area contributed by atoms with Crippen molar-refractivity contribution in [3.8, 4) is 5.75 Å². The summed E-state index contributed by atoms with van der Waals surface area (Å²) in [6.45, 7) is 4.12. The van der Waals surface area contributed by atoms with Crippen molar-refractivity contribution in [1.82, 2.24) is 5.32 Å². The zero-order valence-corrected chi connectivity index (χ0v) is 14.2. The highest BCUT2D eigenvalue weighted by Crippen LogP contribution is 2.24. The molecule has 0 spiro atoms. The Hall–Kier alpha value is -1.32. The van der Waals surface area contributed by atoms with Gasteiger partial charge in [0.2, 0.25) is 0 Å². The number of ether oxygens (including phenoxy) is 1. The van der Waals surface area contributed by atoms with Crippen molar-refractivity contribution in [3.05, 3.63) is 64.1 Å². The first-order chi connectivity index (χ1) is 10.2. The average Bonchev–Trinajstić information content (AvgIpc) is 2.52. The fourth-order valence-corrected chi connectivity index (χ4v) is 2.71.